The van der Waals surface area contributed by atoms with Crippen LogP contribution >= 0.6 is 11.6 Å². The van der Waals surface area contributed by atoms with Crippen LogP contribution in [0.25, 0.3) is 0 Å². The van der Waals surface area contributed by atoms with Gasteiger partial charge < -0.3 is 4.57 Å². The minimum absolute atomic E-state index is 0.101. The molecule has 1 aromatic heterocycles. The van der Waals surface area contributed by atoms with Gasteiger partial charge in [0.25, 0.3) is 0 Å². The molecule has 11 heavy (non-hydrogen) atoms. The summed E-state index contributed by atoms with van der Waals surface area (Å²) in [5, 5.41) is 0. The van der Waals surface area contributed by atoms with Crippen LogP contribution in [0.15, 0.2) is 29.3 Å². The van der Waals surface area contributed by atoms with E-state index in [1.807, 2.05) is 0 Å². The van der Waals surface area contributed by atoms with Gasteiger partial charge in [-0.2, -0.15) is 0 Å². The lowest BCUT2D eigenvalue weighted by molar-refractivity contribution is -0.108. The van der Waals surface area contributed by atoms with Crippen molar-refractivity contribution in [3.63, 3.8) is 0 Å². The molecule has 0 aromatic carbocycles. The maximum Gasteiger partial charge on any atom is 0.181 e. The standard InChI is InChI=1S/C7H6ClNO2/c8-7(5-10)9-3-1-6(11)2-4-9/h1-5,7H. The molecule has 0 aliphatic carbocycles. The fourth-order valence-electron chi connectivity index (χ4n) is 0.659. The normalized spacial score (nSPS) is 12.5. The van der Waals surface area contributed by atoms with Crippen LogP contribution in [0.4, 0.5) is 0 Å². The Labute approximate surface area is 68.2 Å². The van der Waals surface area contributed by atoms with Gasteiger partial charge in [-0.25, -0.2) is 0 Å². The number of alkyl halides is 1. The van der Waals surface area contributed by atoms with Crippen molar-refractivity contribution in [2.75, 3.05) is 0 Å². The van der Waals surface area contributed by atoms with Crippen molar-refractivity contribution in [2.24, 2.45) is 0 Å². The number of aromatic nitrogens is 1. The highest BCUT2D eigenvalue weighted by Gasteiger charge is 2.00. The number of hydrogen-bond donors (Lipinski definition) is 0. The summed E-state index contributed by atoms with van der Waals surface area (Å²) in [6, 6.07) is 2.69. The first-order valence-electron chi connectivity index (χ1n) is 3.01. The molecule has 1 atom stereocenters. The summed E-state index contributed by atoms with van der Waals surface area (Å²) in [5.41, 5.74) is -0.827. The molecule has 0 saturated carbocycles. The molecule has 0 amide bonds. The van der Waals surface area contributed by atoms with Gasteiger partial charge in [-0.3, -0.25) is 9.59 Å². The van der Waals surface area contributed by atoms with E-state index >= 15 is 0 Å². The Balaban J connectivity index is 2.98. The van der Waals surface area contributed by atoms with Crippen molar-refractivity contribution in [2.45, 2.75) is 5.50 Å². The number of aldehydes is 1. The summed E-state index contributed by atoms with van der Waals surface area (Å²) in [4.78, 5) is 20.7. The second-order valence-electron chi connectivity index (χ2n) is 1.99. The molecule has 0 fully saturated rings. The van der Waals surface area contributed by atoms with Gasteiger partial charge in [-0.15, -0.1) is 0 Å². The van der Waals surface area contributed by atoms with Crippen LogP contribution in [0, 0.1) is 0 Å². The van der Waals surface area contributed by atoms with E-state index in [4.69, 9.17) is 11.6 Å². The number of hydrogen-bond acceptors (Lipinski definition) is 2. The predicted octanol–water partition coefficient (Wildman–Crippen LogP) is 0.785. The number of halogens is 1. The molecule has 58 valence electrons. The van der Waals surface area contributed by atoms with Gasteiger partial charge in [0.05, 0.1) is 0 Å². The SMILES string of the molecule is O=CC(Cl)n1ccc(=O)cc1. The molecule has 0 radical (unpaired) electrons. The highest BCUT2D eigenvalue weighted by atomic mass is 35.5. The second kappa shape index (κ2) is 3.34. The minimum Gasteiger partial charge on any atom is -0.331 e. The number of nitrogens with zero attached hydrogens (tertiary/aromatic N) is 1. The van der Waals surface area contributed by atoms with Crippen molar-refractivity contribution in [1.82, 2.24) is 4.57 Å². The topological polar surface area (TPSA) is 39.1 Å². The van der Waals surface area contributed by atoms with Crippen molar-refractivity contribution >= 4 is 17.9 Å². The Kier molecular flexibility index (Phi) is 2.44. The average Bonchev–Trinajstić information content (AvgIpc) is 2.05. The maximum absolute atomic E-state index is 10.6. The van der Waals surface area contributed by atoms with Crippen molar-refractivity contribution < 1.29 is 4.79 Å². The molecule has 1 heterocycles. The zero-order valence-electron chi connectivity index (χ0n) is 5.61. The first-order chi connectivity index (χ1) is 5.24. The molecule has 0 spiro atoms. The van der Waals surface area contributed by atoms with Crippen LogP contribution in [0.3, 0.4) is 0 Å². The lowest BCUT2D eigenvalue weighted by Gasteiger charge is -2.04. The fourth-order valence-corrected chi connectivity index (χ4v) is 0.789. The van der Waals surface area contributed by atoms with E-state index in [-0.39, 0.29) is 5.43 Å². The summed E-state index contributed by atoms with van der Waals surface area (Å²) >= 11 is 5.54. The zero-order valence-corrected chi connectivity index (χ0v) is 6.36. The van der Waals surface area contributed by atoms with E-state index in [2.05, 4.69) is 0 Å². The van der Waals surface area contributed by atoms with Gasteiger partial charge in [0, 0.05) is 24.5 Å². The van der Waals surface area contributed by atoms with E-state index in [9.17, 15) is 9.59 Å². The number of carbonyl (C=O) groups is 1. The zero-order chi connectivity index (χ0) is 8.27. The molecule has 3 nitrogen and oxygen atoms in total. The summed E-state index contributed by atoms with van der Waals surface area (Å²) in [7, 11) is 0. The van der Waals surface area contributed by atoms with Gasteiger partial charge in [-0.05, 0) is 0 Å². The Morgan fingerprint density at radius 2 is 2.00 bits per heavy atom. The molecule has 1 rings (SSSR count). The van der Waals surface area contributed by atoms with Crippen molar-refractivity contribution in [3.05, 3.63) is 34.7 Å². The van der Waals surface area contributed by atoms with E-state index in [0.29, 0.717) is 6.29 Å². The van der Waals surface area contributed by atoms with Crippen LogP contribution < -0.4 is 5.43 Å². The number of rotatable bonds is 2. The summed E-state index contributed by atoms with van der Waals surface area (Å²) < 4.78 is 1.44. The molecule has 4 heteroatoms. The first kappa shape index (κ1) is 8.01. The predicted molar refractivity (Wildman–Crippen MR) is 41.7 cm³/mol. The third kappa shape index (κ3) is 1.91. The van der Waals surface area contributed by atoms with Gasteiger partial charge in [0.2, 0.25) is 0 Å². The Morgan fingerprint density at radius 1 is 1.45 bits per heavy atom. The molecule has 0 saturated heterocycles. The molecule has 1 unspecified atom stereocenters. The summed E-state index contributed by atoms with van der Waals surface area (Å²) in [6.45, 7) is 0. The molecular weight excluding hydrogens is 166 g/mol. The van der Waals surface area contributed by atoms with Crippen LogP contribution in [0.5, 0.6) is 0 Å². The highest BCUT2D eigenvalue weighted by molar-refractivity contribution is 6.25. The van der Waals surface area contributed by atoms with E-state index in [1.54, 1.807) is 0 Å². The molecular formula is C7H6ClNO2. The van der Waals surface area contributed by atoms with E-state index < -0.39 is 5.50 Å². The van der Waals surface area contributed by atoms with Crippen molar-refractivity contribution in [1.29, 1.82) is 0 Å². The smallest absolute Gasteiger partial charge is 0.181 e. The maximum atomic E-state index is 10.6. The van der Waals surface area contributed by atoms with E-state index in [1.165, 1.54) is 29.1 Å². The summed E-state index contributed by atoms with van der Waals surface area (Å²) in [5.74, 6) is 0. The largest absolute Gasteiger partial charge is 0.331 e. The molecule has 0 bridgehead atoms. The molecule has 0 aliphatic rings. The van der Waals surface area contributed by atoms with Crippen LogP contribution in [-0.2, 0) is 4.79 Å². The molecule has 0 aliphatic heterocycles. The van der Waals surface area contributed by atoms with Crippen LogP contribution in [0.1, 0.15) is 5.50 Å². The average molecular weight is 172 g/mol. The third-order valence-corrected chi connectivity index (χ3v) is 1.55. The van der Waals surface area contributed by atoms with Crippen LogP contribution in [0.2, 0.25) is 0 Å². The molecule has 1 aromatic rings. The number of pyridine rings is 1. The lowest BCUT2D eigenvalue weighted by atomic mass is 10.4. The monoisotopic (exact) mass is 171 g/mol. The quantitative estimate of drug-likeness (QED) is 0.488. The Hall–Kier alpha value is -1.09. The summed E-state index contributed by atoms with van der Waals surface area (Å²) in [6.07, 6.45) is 3.52. The lowest BCUT2D eigenvalue weighted by Crippen LogP contribution is -2.07. The van der Waals surface area contributed by atoms with Gasteiger partial charge in [0.15, 0.2) is 17.2 Å². The van der Waals surface area contributed by atoms with Crippen molar-refractivity contribution in [3.8, 4) is 0 Å². The Bertz CT molecular complexity index is 287. The van der Waals surface area contributed by atoms with Crippen LogP contribution in [-0.4, -0.2) is 10.9 Å². The third-order valence-electron chi connectivity index (χ3n) is 1.22. The number of carbonyl (C=O) groups excluding carboxylic acids is 1. The first-order valence-corrected chi connectivity index (χ1v) is 3.45. The minimum atomic E-state index is -0.726. The van der Waals surface area contributed by atoms with Gasteiger partial charge in [0.1, 0.15) is 0 Å². The van der Waals surface area contributed by atoms with Gasteiger partial charge in [-0.1, -0.05) is 11.6 Å². The Morgan fingerprint density at radius 3 is 2.45 bits per heavy atom. The second-order valence-corrected chi connectivity index (χ2v) is 2.44. The van der Waals surface area contributed by atoms with Gasteiger partial charge >= 0.3 is 0 Å². The van der Waals surface area contributed by atoms with E-state index in [0.717, 1.165) is 0 Å². The molecule has 0 N–H and O–H groups in total. The highest BCUT2D eigenvalue weighted by Crippen LogP contribution is 2.05. The fraction of sp³-hybridized carbons (Fsp3) is 0.143.